The van der Waals surface area contributed by atoms with Crippen LogP contribution in [0.4, 0.5) is 0 Å². The molecule has 1 aromatic rings. The SMILES string of the molecule is C=CC(C)(CNCCC)Cc1cc(Br)ccc1OC. The fourth-order valence-electron chi connectivity index (χ4n) is 2.08. The first kappa shape index (κ1) is 16.3. The number of hydrogen-bond donors (Lipinski definition) is 1. The van der Waals surface area contributed by atoms with Gasteiger partial charge in [-0.25, -0.2) is 0 Å². The molecule has 1 atom stereocenters. The monoisotopic (exact) mass is 325 g/mol. The van der Waals surface area contributed by atoms with Crippen molar-refractivity contribution in [3.8, 4) is 5.75 Å². The van der Waals surface area contributed by atoms with Gasteiger partial charge in [-0.3, -0.25) is 0 Å². The molecule has 1 unspecified atom stereocenters. The zero-order valence-corrected chi connectivity index (χ0v) is 13.7. The Bertz CT molecular complexity index is 419. The highest BCUT2D eigenvalue weighted by Gasteiger charge is 2.22. The van der Waals surface area contributed by atoms with Crippen molar-refractivity contribution in [3.05, 3.63) is 40.9 Å². The Morgan fingerprint density at radius 1 is 1.47 bits per heavy atom. The van der Waals surface area contributed by atoms with Gasteiger partial charge in [0.25, 0.3) is 0 Å². The molecule has 0 aliphatic rings. The van der Waals surface area contributed by atoms with Crippen LogP contribution in [0.5, 0.6) is 5.75 Å². The van der Waals surface area contributed by atoms with Crippen molar-refractivity contribution in [1.29, 1.82) is 0 Å². The first-order valence-corrected chi connectivity index (χ1v) is 7.50. The standard InChI is InChI=1S/C16H24BrNO/c1-5-9-18-12-16(3,6-2)11-13-10-14(17)7-8-15(13)19-4/h6-8,10,18H,2,5,9,11-12H2,1,3-4H3. The molecule has 0 radical (unpaired) electrons. The quantitative estimate of drug-likeness (QED) is 0.571. The van der Waals surface area contributed by atoms with Gasteiger partial charge in [0.15, 0.2) is 0 Å². The maximum absolute atomic E-state index is 5.44. The Kier molecular flexibility index (Phi) is 6.59. The highest BCUT2D eigenvalue weighted by molar-refractivity contribution is 9.10. The van der Waals surface area contributed by atoms with Crippen molar-refractivity contribution < 1.29 is 4.74 Å². The van der Waals surface area contributed by atoms with Gasteiger partial charge in [0.2, 0.25) is 0 Å². The molecule has 0 heterocycles. The molecule has 1 rings (SSSR count). The van der Waals surface area contributed by atoms with E-state index < -0.39 is 0 Å². The molecule has 0 spiro atoms. The number of benzene rings is 1. The zero-order chi connectivity index (χ0) is 14.3. The molecule has 0 aliphatic heterocycles. The molecule has 0 amide bonds. The zero-order valence-electron chi connectivity index (χ0n) is 12.1. The minimum absolute atomic E-state index is 0.0310. The van der Waals surface area contributed by atoms with Gasteiger partial charge >= 0.3 is 0 Å². The van der Waals surface area contributed by atoms with Crippen molar-refractivity contribution in [3.63, 3.8) is 0 Å². The van der Waals surface area contributed by atoms with E-state index in [1.807, 2.05) is 18.2 Å². The highest BCUT2D eigenvalue weighted by atomic mass is 79.9. The normalized spacial score (nSPS) is 13.9. The molecular formula is C16H24BrNO. The first-order valence-electron chi connectivity index (χ1n) is 6.71. The Balaban J connectivity index is 2.84. The van der Waals surface area contributed by atoms with Gasteiger partial charge in [0.05, 0.1) is 7.11 Å². The molecule has 1 aromatic carbocycles. The summed E-state index contributed by atoms with van der Waals surface area (Å²) in [5, 5.41) is 3.48. The fourth-order valence-corrected chi connectivity index (χ4v) is 2.49. The van der Waals surface area contributed by atoms with Gasteiger partial charge in [-0.2, -0.15) is 0 Å². The Hall–Kier alpha value is -0.800. The van der Waals surface area contributed by atoms with E-state index in [2.05, 4.69) is 47.7 Å². The van der Waals surface area contributed by atoms with E-state index in [1.54, 1.807) is 7.11 Å². The molecule has 1 N–H and O–H groups in total. The lowest BCUT2D eigenvalue weighted by atomic mass is 9.83. The van der Waals surface area contributed by atoms with E-state index in [4.69, 9.17) is 4.74 Å². The van der Waals surface area contributed by atoms with E-state index in [1.165, 1.54) is 5.56 Å². The summed E-state index contributed by atoms with van der Waals surface area (Å²) in [7, 11) is 1.72. The number of halogens is 1. The average molecular weight is 326 g/mol. The lowest BCUT2D eigenvalue weighted by Crippen LogP contribution is -2.32. The van der Waals surface area contributed by atoms with Crippen LogP contribution in [0.25, 0.3) is 0 Å². The average Bonchev–Trinajstić information content (AvgIpc) is 2.39. The number of ether oxygens (including phenoxy) is 1. The van der Waals surface area contributed by atoms with Gasteiger partial charge < -0.3 is 10.1 Å². The molecule has 3 heteroatoms. The van der Waals surface area contributed by atoms with Gasteiger partial charge in [-0.15, -0.1) is 6.58 Å². The molecule has 0 aromatic heterocycles. The Morgan fingerprint density at radius 3 is 2.79 bits per heavy atom. The first-order chi connectivity index (χ1) is 9.04. The van der Waals surface area contributed by atoms with Crippen molar-refractivity contribution >= 4 is 15.9 Å². The van der Waals surface area contributed by atoms with E-state index in [9.17, 15) is 0 Å². The van der Waals surface area contributed by atoms with Crippen LogP contribution in [0.15, 0.2) is 35.3 Å². The number of rotatable bonds is 8. The van der Waals surface area contributed by atoms with E-state index in [-0.39, 0.29) is 5.41 Å². The third kappa shape index (κ3) is 5.00. The summed E-state index contributed by atoms with van der Waals surface area (Å²) in [5.41, 5.74) is 1.24. The summed E-state index contributed by atoms with van der Waals surface area (Å²) in [6.07, 6.45) is 4.10. The second kappa shape index (κ2) is 7.71. The van der Waals surface area contributed by atoms with E-state index in [0.717, 1.165) is 36.2 Å². The van der Waals surface area contributed by atoms with Crippen molar-refractivity contribution in [2.24, 2.45) is 5.41 Å². The second-order valence-electron chi connectivity index (χ2n) is 5.17. The molecule has 0 saturated heterocycles. The van der Waals surface area contributed by atoms with E-state index in [0.29, 0.717) is 0 Å². The van der Waals surface area contributed by atoms with Crippen LogP contribution in [0, 0.1) is 5.41 Å². The molecule has 0 fully saturated rings. The van der Waals surface area contributed by atoms with E-state index >= 15 is 0 Å². The lowest BCUT2D eigenvalue weighted by Gasteiger charge is -2.27. The maximum atomic E-state index is 5.44. The fraction of sp³-hybridized carbons (Fsp3) is 0.500. The molecule has 0 bridgehead atoms. The van der Waals surface area contributed by atoms with Crippen molar-refractivity contribution in [2.45, 2.75) is 26.7 Å². The van der Waals surface area contributed by atoms with Crippen molar-refractivity contribution in [1.82, 2.24) is 5.32 Å². The predicted molar refractivity (Wildman–Crippen MR) is 85.9 cm³/mol. The maximum Gasteiger partial charge on any atom is 0.122 e. The van der Waals surface area contributed by atoms with Crippen LogP contribution in [-0.4, -0.2) is 20.2 Å². The third-order valence-corrected chi connectivity index (χ3v) is 3.78. The Morgan fingerprint density at radius 2 is 2.21 bits per heavy atom. The second-order valence-corrected chi connectivity index (χ2v) is 6.08. The number of methoxy groups -OCH3 is 1. The topological polar surface area (TPSA) is 21.3 Å². The van der Waals surface area contributed by atoms with Gasteiger partial charge in [0.1, 0.15) is 5.75 Å². The van der Waals surface area contributed by atoms with Crippen LogP contribution < -0.4 is 10.1 Å². The Labute approximate surface area is 125 Å². The molecule has 19 heavy (non-hydrogen) atoms. The number of nitrogens with one attached hydrogen (secondary N) is 1. The summed E-state index contributed by atoms with van der Waals surface area (Å²) >= 11 is 3.52. The summed E-state index contributed by atoms with van der Waals surface area (Å²) in [6, 6.07) is 6.13. The largest absolute Gasteiger partial charge is 0.496 e. The van der Waals surface area contributed by atoms with Gasteiger partial charge in [-0.1, -0.05) is 35.9 Å². The van der Waals surface area contributed by atoms with Crippen LogP contribution in [0.3, 0.4) is 0 Å². The lowest BCUT2D eigenvalue weighted by molar-refractivity contribution is 0.370. The number of hydrogen-bond acceptors (Lipinski definition) is 2. The summed E-state index contributed by atoms with van der Waals surface area (Å²) in [6.45, 7) is 10.4. The minimum Gasteiger partial charge on any atom is -0.496 e. The molecule has 2 nitrogen and oxygen atoms in total. The van der Waals surface area contributed by atoms with Crippen LogP contribution in [0.1, 0.15) is 25.8 Å². The molecular weight excluding hydrogens is 302 g/mol. The smallest absolute Gasteiger partial charge is 0.122 e. The summed E-state index contributed by atoms with van der Waals surface area (Å²) < 4.78 is 6.52. The predicted octanol–water partition coefficient (Wildman–Crippen LogP) is 4.19. The summed E-state index contributed by atoms with van der Waals surface area (Å²) in [4.78, 5) is 0. The third-order valence-electron chi connectivity index (χ3n) is 3.29. The summed E-state index contributed by atoms with van der Waals surface area (Å²) in [5.74, 6) is 0.937. The van der Waals surface area contributed by atoms with Crippen LogP contribution in [-0.2, 0) is 6.42 Å². The van der Waals surface area contributed by atoms with Gasteiger partial charge in [0, 0.05) is 16.4 Å². The molecule has 0 saturated carbocycles. The minimum atomic E-state index is 0.0310. The highest BCUT2D eigenvalue weighted by Crippen LogP contribution is 2.30. The molecule has 0 aliphatic carbocycles. The molecule has 106 valence electrons. The van der Waals surface area contributed by atoms with Crippen LogP contribution >= 0.6 is 15.9 Å². The van der Waals surface area contributed by atoms with Gasteiger partial charge in [-0.05, 0) is 43.1 Å². The van der Waals surface area contributed by atoms with Crippen molar-refractivity contribution in [2.75, 3.05) is 20.2 Å². The van der Waals surface area contributed by atoms with Crippen LogP contribution in [0.2, 0.25) is 0 Å².